The predicted molar refractivity (Wildman–Crippen MR) is 45.0 cm³/mol. The third-order valence-electron chi connectivity index (χ3n) is 0.966. The maximum absolute atomic E-state index is 3.21. The molecule has 0 heterocycles. The first kappa shape index (κ1) is 11.6. The van der Waals surface area contributed by atoms with Gasteiger partial charge in [0.2, 0.25) is 0 Å². The van der Waals surface area contributed by atoms with Crippen molar-refractivity contribution >= 4 is 12.4 Å². The first-order chi connectivity index (χ1) is 3.81. The van der Waals surface area contributed by atoms with Crippen LogP contribution in [0.3, 0.4) is 0 Å². The summed E-state index contributed by atoms with van der Waals surface area (Å²) in [6.07, 6.45) is 3.31. The lowest BCUT2D eigenvalue weighted by atomic mass is 10.3. The molecule has 0 aromatic carbocycles. The van der Waals surface area contributed by atoms with Crippen molar-refractivity contribution < 1.29 is 0 Å². The van der Waals surface area contributed by atoms with E-state index in [1.54, 1.807) is 0 Å². The van der Waals surface area contributed by atoms with Crippen LogP contribution in [0.4, 0.5) is 0 Å². The van der Waals surface area contributed by atoms with Crippen molar-refractivity contribution in [2.24, 2.45) is 0 Å². The lowest BCUT2D eigenvalue weighted by Gasteiger charge is -1.99. The second-order valence-electron chi connectivity index (χ2n) is 1.83. The Morgan fingerprint density at radius 2 is 2.00 bits per heavy atom. The monoisotopic (exact) mass is 149 g/mol. The highest BCUT2D eigenvalue weighted by Gasteiger charge is 1.78. The van der Waals surface area contributed by atoms with Gasteiger partial charge in [-0.1, -0.05) is 13.0 Å². The Balaban J connectivity index is 0. The molecule has 1 N–H and O–H groups in total. The standard InChI is InChI=1S/C7H15N.ClH/c1-4-6-7(3)8-5-2;/h6,8H,4-5H2,1-3H3;1H. The smallest absolute Gasteiger partial charge is 0.0115 e. The maximum atomic E-state index is 3.21. The van der Waals surface area contributed by atoms with Gasteiger partial charge in [-0.2, -0.15) is 0 Å². The number of rotatable bonds is 3. The van der Waals surface area contributed by atoms with Crippen molar-refractivity contribution in [2.45, 2.75) is 27.2 Å². The van der Waals surface area contributed by atoms with Gasteiger partial charge in [0.25, 0.3) is 0 Å². The molecule has 0 spiro atoms. The van der Waals surface area contributed by atoms with Crippen LogP contribution in [0.5, 0.6) is 0 Å². The molecular weight excluding hydrogens is 134 g/mol. The lowest BCUT2D eigenvalue weighted by Crippen LogP contribution is -2.08. The summed E-state index contributed by atoms with van der Waals surface area (Å²) in [4.78, 5) is 0. The molecule has 2 heteroatoms. The van der Waals surface area contributed by atoms with Gasteiger partial charge in [-0.25, -0.2) is 0 Å². The summed E-state index contributed by atoms with van der Waals surface area (Å²) in [6, 6.07) is 0. The SMILES string of the molecule is CCC=C(C)NCC.Cl. The molecule has 0 saturated heterocycles. The zero-order valence-electron chi connectivity index (χ0n) is 6.40. The van der Waals surface area contributed by atoms with Gasteiger partial charge in [0.15, 0.2) is 0 Å². The van der Waals surface area contributed by atoms with Crippen LogP contribution in [0, 0.1) is 0 Å². The average molecular weight is 150 g/mol. The topological polar surface area (TPSA) is 12.0 Å². The van der Waals surface area contributed by atoms with Crippen molar-refractivity contribution in [3.05, 3.63) is 11.8 Å². The molecule has 0 radical (unpaired) electrons. The van der Waals surface area contributed by atoms with Crippen LogP contribution in [0.1, 0.15) is 27.2 Å². The summed E-state index contributed by atoms with van der Waals surface area (Å²) in [5.74, 6) is 0. The van der Waals surface area contributed by atoms with Crippen LogP contribution in [0.25, 0.3) is 0 Å². The van der Waals surface area contributed by atoms with E-state index in [9.17, 15) is 0 Å². The Morgan fingerprint density at radius 3 is 2.33 bits per heavy atom. The fourth-order valence-corrected chi connectivity index (χ4v) is 0.657. The van der Waals surface area contributed by atoms with Crippen molar-refractivity contribution in [3.8, 4) is 0 Å². The van der Waals surface area contributed by atoms with Gasteiger partial charge in [0.1, 0.15) is 0 Å². The number of nitrogens with one attached hydrogen (secondary N) is 1. The van der Waals surface area contributed by atoms with Gasteiger partial charge >= 0.3 is 0 Å². The minimum absolute atomic E-state index is 0. The Bertz CT molecular complexity index is 79.0. The quantitative estimate of drug-likeness (QED) is 0.650. The zero-order valence-corrected chi connectivity index (χ0v) is 7.22. The molecule has 56 valence electrons. The average Bonchev–Trinajstić information content (AvgIpc) is 1.68. The molecule has 0 aromatic heterocycles. The molecule has 0 atom stereocenters. The largest absolute Gasteiger partial charge is 0.389 e. The Kier molecular flexibility index (Phi) is 10.1. The Labute approximate surface area is 63.9 Å². The first-order valence-corrected chi connectivity index (χ1v) is 3.21. The van der Waals surface area contributed by atoms with Crippen LogP contribution in [0.15, 0.2) is 11.8 Å². The summed E-state index contributed by atoms with van der Waals surface area (Å²) in [5, 5.41) is 3.21. The Hall–Kier alpha value is -0.170. The highest BCUT2D eigenvalue weighted by atomic mass is 35.5. The fourth-order valence-electron chi connectivity index (χ4n) is 0.657. The summed E-state index contributed by atoms with van der Waals surface area (Å²) in [6.45, 7) is 7.36. The minimum atomic E-state index is 0. The van der Waals surface area contributed by atoms with E-state index in [0.29, 0.717) is 0 Å². The van der Waals surface area contributed by atoms with Crippen LogP contribution in [-0.4, -0.2) is 6.54 Å². The summed E-state index contributed by atoms with van der Waals surface area (Å²) in [5.41, 5.74) is 1.29. The molecule has 0 rings (SSSR count). The normalized spacial score (nSPS) is 10.3. The van der Waals surface area contributed by atoms with E-state index in [2.05, 4.69) is 32.2 Å². The van der Waals surface area contributed by atoms with Gasteiger partial charge < -0.3 is 5.32 Å². The molecule has 9 heavy (non-hydrogen) atoms. The molecule has 0 aromatic rings. The van der Waals surface area contributed by atoms with Crippen molar-refractivity contribution in [2.75, 3.05) is 6.54 Å². The zero-order chi connectivity index (χ0) is 6.41. The van der Waals surface area contributed by atoms with Crippen LogP contribution >= 0.6 is 12.4 Å². The molecule has 0 amide bonds. The third kappa shape index (κ3) is 7.83. The molecule has 0 aliphatic heterocycles. The van der Waals surface area contributed by atoms with Gasteiger partial charge in [-0.15, -0.1) is 12.4 Å². The van der Waals surface area contributed by atoms with Gasteiger partial charge in [0.05, 0.1) is 0 Å². The first-order valence-electron chi connectivity index (χ1n) is 3.21. The summed E-state index contributed by atoms with van der Waals surface area (Å²) < 4.78 is 0. The number of hydrogen-bond donors (Lipinski definition) is 1. The van der Waals surface area contributed by atoms with Crippen LogP contribution < -0.4 is 5.32 Å². The van der Waals surface area contributed by atoms with Crippen LogP contribution in [0.2, 0.25) is 0 Å². The molecule has 0 aliphatic rings. The molecule has 0 unspecified atom stereocenters. The molecule has 0 saturated carbocycles. The molecule has 0 fully saturated rings. The van der Waals surface area contributed by atoms with Crippen molar-refractivity contribution in [1.82, 2.24) is 5.32 Å². The van der Waals surface area contributed by atoms with Crippen molar-refractivity contribution in [3.63, 3.8) is 0 Å². The van der Waals surface area contributed by atoms with E-state index in [1.807, 2.05) is 0 Å². The minimum Gasteiger partial charge on any atom is -0.389 e. The van der Waals surface area contributed by atoms with Crippen LogP contribution in [-0.2, 0) is 0 Å². The number of hydrogen-bond acceptors (Lipinski definition) is 1. The van der Waals surface area contributed by atoms with Crippen molar-refractivity contribution in [1.29, 1.82) is 0 Å². The van der Waals surface area contributed by atoms with E-state index in [1.165, 1.54) is 5.70 Å². The van der Waals surface area contributed by atoms with E-state index in [0.717, 1.165) is 13.0 Å². The molecule has 1 nitrogen and oxygen atoms in total. The second-order valence-corrected chi connectivity index (χ2v) is 1.83. The highest BCUT2D eigenvalue weighted by molar-refractivity contribution is 5.85. The van der Waals surface area contributed by atoms with E-state index >= 15 is 0 Å². The van der Waals surface area contributed by atoms with E-state index < -0.39 is 0 Å². The lowest BCUT2D eigenvalue weighted by molar-refractivity contribution is 0.845. The van der Waals surface area contributed by atoms with Gasteiger partial charge in [-0.3, -0.25) is 0 Å². The molecular formula is C7H16ClN. The predicted octanol–water partition coefficient (Wildman–Crippen LogP) is 2.33. The van der Waals surface area contributed by atoms with E-state index in [-0.39, 0.29) is 12.4 Å². The Morgan fingerprint density at radius 1 is 1.44 bits per heavy atom. The second kappa shape index (κ2) is 7.83. The number of halogens is 1. The highest BCUT2D eigenvalue weighted by Crippen LogP contribution is 1.87. The van der Waals surface area contributed by atoms with Gasteiger partial charge in [0, 0.05) is 12.2 Å². The summed E-state index contributed by atoms with van der Waals surface area (Å²) >= 11 is 0. The van der Waals surface area contributed by atoms with E-state index in [4.69, 9.17) is 0 Å². The maximum Gasteiger partial charge on any atom is 0.0115 e. The summed E-state index contributed by atoms with van der Waals surface area (Å²) in [7, 11) is 0. The third-order valence-corrected chi connectivity index (χ3v) is 0.966. The molecule has 0 aliphatic carbocycles. The fraction of sp³-hybridized carbons (Fsp3) is 0.714. The molecule has 0 bridgehead atoms. The van der Waals surface area contributed by atoms with Gasteiger partial charge in [-0.05, 0) is 20.3 Å². The number of allylic oxidation sites excluding steroid dienone is 2.